The Balaban J connectivity index is 1.29. The van der Waals surface area contributed by atoms with Crippen molar-refractivity contribution >= 4 is 12.0 Å². The first kappa shape index (κ1) is 16.6. The fourth-order valence-corrected chi connectivity index (χ4v) is 3.14. The van der Waals surface area contributed by atoms with E-state index >= 15 is 0 Å². The zero-order valence-corrected chi connectivity index (χ0v) is 14.5. The van der Waals surface area contributed by atoms with Gasteiger partial charge in [0.05, 0.1) is 5.69 Å². The van der Waals surface area contributed by atoms with Crippen LogP contribution < -0.4 is 9.47 Å². The van der Waals surface area contributed by atoms with Gasteiger partial charge in [-0.3, -0.25) is 14.7 Å². The fraction of sp³-hybridized carbons (Fsp3) is 0.300. The Morgan fingerprint density at radius 1 is 1.08 bits per heavy atom. The Kier molecular flexibility index (Phi) is 4.84. The van der Waals surface area contributed by atoms with Gasteiger partial charge in [0.15, 0.2) is 11.5 Å². The highest BCUT2D eigenvalue weighted by Crippen LogP contribution is 2.32. The van der Waals surface area contributed by atoms with Crippen molar-refractivity contribution in [2.75, 3.05) is 33.0 Å². The molecule has 0 unspecified atom stereocenters. The molecule has 0 spiro atoms. The van der Waals surface area contributed by atoms with Crippen molar-refractivity contribution in [2.45, 2.75) is 6.54 Å². The third-order valence-corrected chi connectivity index (χ3v) is 4.61. The van der Waals surface area contributed by atoms with Crippen molar-refractivity contribution in [3.8, 4) is 11.5 Å². The Labute approximate surface area is 152 Å². The van der Waals surface area contributed by atoms with E-state index in [-0.39, 0.29) is 12.7 Å². The second-order valence-electron chi connectivity index (χ2n) is 6.37. The maximum absolute atomic E-state index is 12.4. The Morgan fingerprint density at radius 3 is 2.73 bits per heavy atom. The summed E-state index contributed by atoms with van der Waals surface area (Å²) in [5.41, 5.74) is 1.99. The van der Waals surface area contributed by atoms with Crippen LogP contribution in [0.15, 0.2) is 48.7 Å². The predicted octanol–water partition coefficient (Wildman–Crippen LogP) is 2.17. The number of carbonyl (C=O) groups excluding carboxylic acids is 1. The average molecular weight is 351 g/mol. The second kappa shape index (κ2) is 7.58. The van der Waals surface area contributed by atoms with E-state index in [0.29, 0.717) is 0 Å². The number of fused-ring (bicyclic) bond motifs is 1. The molecule has 0 atom stereocenters. The van der Waals surface area contributed by atoms with Crippen LogP contribution in [0.25, 0.3) is 6.08 Å². The van der Waals surface area contributed by atoms with E-state index in [0.717, 1.165) is 55.5 Å². The standard InChI is InChI=1S/C20H21N3O3/c24-20(7-5-16-4-6-18-19(13-16)26-15-25-18)23-11-9-22(10-12-23)14-17-3-1-2-8-21-17/h1-8,13H,9-12,14-15H2/b7-5+. The predicted molar refractivity (Wildman–Crippen MR) is 97.7 cm³/mol. The lowest BCUT2D eigenvalue weighted by atomic mass is 10.2. The van der Waals surface area contributed by atoms with Gasteiger partial charge in [-0.15, -0.1) is 0 Å². The van der Waals surface area contributed by atoms with Gasteiger partial charge in [-0.05, 0) is 35.9 Å². The van der Waals surface area contributed by atoms with Crippen LogP contribution in [-0.2, 0) is 11.3 Å². The number of benzene rings is 1. The SMILES string of the molecule is O=C(/C=C/c1ccc2c(c1)OCO2)N1CCN(Cc2ccccn2)CC1. The molecule has 1 aromatic heterocycles. The van der Waals surface area contributed by atoms with Crippen LogP contribution in [0, 0.1) is 0 Å². The van der Waals surface area contributed by atoms with E-state index in [1.54, 1.807) is 6.08 Å². The van der Waals surface area contributed by atoms with E-state index in [1.165, 1.54) is 0 Å². The van der Waals surface area contributed by atoms with Crippen molar-refractivity contribution in [1.82, 2.24) is 14.8 Å². The monoisotopic (exact) mass is 351 g/mol. The number of piperazine rings is 1. The first-order chi connectivity index (χ1) is 12.8. The summed E-state index contributed by atoms with van der Waals surface area (Å²) in [6, 6.07) is 11.6. The molecule has 0 radical (unpaired) electrons. The van der Waals surface area contributed by atoms with Crippen molar-refractivity contribution < 1.29 is 14.3 Å². The highest BCUT2D eigenvalue weighted by molar-refractivity contribution is 5.92. The van der Waals surface area contributed by atoms with Crippen molar-refractivity contribution in [3.05, 3.63) is 59.9 Å². The summed E-state index contributed by atoms with van der Waals surface area (Å²) < 4.78 is 10.7. The summed E-state index contributed by atoms with van der Waals surface area (Å²) in [5, 5.41) is 0. The summed E-state index contributed by atoms with van der Waals surface area (Å²) in [5.74, 6) is 1.51. The minimum Gasteiger partial charge on any atom is -0.454 e. The molecule has 0 bridgehead atoms. The molecule has 2 aromatic rings. The number of rotatable bonds is 4. The Bertz CT molecular complexity index is 799. The van der Waals surface area contributed by atoms with Gasteiger partial charge in [0.2, 0.25) is 12.7 Å². The van der Waals surface area contributed by atoms with Crippen LogP contribution in [0.5, 0.6) is 11.5 Å². The van der Waals surface area contributed by atoms with Crippen molar-refractivity contribution in [3.63, 3.8) is 0 Å². The summed E-state index contributed by atoms with van der Waals surface area (Å²) in [6.07, 6.45) is 5.27. The molecular weight excluding hydrogens is 330 g/mol. The minimum atomic E-state index is 0.0418. The number of hydrogen-bond donors (Lipinski definition) is 0. The van der Waals surface area contributed by atoms with Gasteiger partial charge in [-0.25, -0.2) is 0 Å². The molecule has 2 aliphatic heterocycles. The lowest BCUT2D eigenvalue weighted by Gasteiger charge is -2.34. The van der Waals surface area contributed by atoms with Crippen molar-refractivity contribution in [2.24, 2.45) is 0 Å². The van der Waals surface area contributed by atoms with E-state index in [9.17, 15) is 4.79 Å². The quantitative estimate of drug-likeness (QED) is 0.790. The molecule has 0 N–H and O–H groups in total. The number of aromatic nitrogens is 1. The van der Waals surface area contributed by atoms with Gasteiger partial charge < -0.3 is 14.4 Å². The second-order valence-corrected chi connectivity index (χ2v) is 6.37. The van der Waals surface area contributed by atoms with Crippen LogP contribution in [-0.4, -0.2) is 53.7 Å². The fourth-order valence-electron chi connectivity index (χ4n) is 3.14. The van der Waals surface area contributed by atoms with Crippen molar-refractivity contribution in [1.29, 1.82) is 0 Å². The highest BCUT2D eigenvalue weighted by Gasteiger charge is 2.20. The lowest BCUT2D eigenvalue weighted by Crippen LogP contribution is -2.47. The zero-order chi connectivity index (χ0) is 17.8. The van der Waals surface area contributed by atoms with Crippen LogP contribution in [0.4, 0.5) is 0 Å². The molecule has 4 rings (SSSR count). The van der Waals surface area contributed by atoms with Gasteiger partial charge in [0.1, 0.15) is 0 Å². The van der Waals surface area contributed by atoms with E-state index in [4.69, 9.17) is 9.47 Å². The van der Waals surface area contributed by atoms with Gasteiger partial charge in [-0.1, -0.05) is 12.1 Å². The minimum absolute atomic E-state index is 0.0418. The molecule has 1 fully saturated rings. The molecule has 26 heavy (non-hydrogen) atoms. The molecule has 2 aliphatic rings. The highest BCUT2D eigenvalue weighted by atomic mass is 16.7. The number of ether oxygens (including phenoxy) is 2. The molecular formula is C20H21N3O3. The largest absolute Gasteiger partial charge is 0.454 e. The molecule has 1 saturated heterocycles. The number of hydrogen-bond acceptors (Lipinski definition) is 5. The average Bonchev–Trinajstić information content (AvgIpc) is 3.15. The molecule has 6 heteroatoms. The smallest absolute Gasteiger partial charge is 0.246 e. The molecule has 6 nitrogen and oxygen atoms in total. The summed E-state index contributed by atoms with van der Waals surface area (Å²) >= 11 is 0. The normalized spacial score (nSPS) is 17.0. The Morgan fingerprint density at radius 2 is 1.92 bits per heavy atom. The topological polar surface area (TPSA) is 54.9 Å². The van der Waals surface area contributed by atoms with Gasteiger partial charge >= 0.3 is 0 Å². The number of nitrogens with zero attached hydrogens (tertiary/aromatic N) is 3. The third kappa shape index (κ3) is 3.86. The number of carbonyl (C=O) groups is 1. The van der Waals surface area contributed by atoms with Gasteiger partial charge in [-0.2, -0.15) is 0 Å². The molecule has 134 valence electrons. The maximum Gasteiger partial charge on any atom is 0.246 e. The van der Waals surface area contributed by atoms with E-state index in [2.05, 4.69) is 9.88 Å². The zero-order valence-electron chi connectivity index (χ0n) is 14.5. The third-order valence-electron chi connectivity index (χ3n) is 4.61. The van der Waals surface area contributed by atoms with Gasteiger partial charge in [0, 0.05) is 45.0 Å². The Hall–Kier alpha value is -2.86. The van der Waals surface area contributed by atoms with Crippen LogP contribution in [0.1, 0.15) is 11.3 Å². The first-order valence-corrected chi connectivity index (χ1v) is 8.77. The molecule has 1 amide bonds. The lowest BCUT2D eigenvalue weighted by molar-refractivity contribution is -0.127. The summed E-state index contributed by atoms with van der Waals surface area (Å²) in [4.78, 5) is 21.0. The summed E-state index contributed by atoms with van der Waals surface area (Å²) in [6.45, 7) is 4.27. The van der Waals surface area contributed by atoms with E-state index in [1.807, 2.05) is 53.6 Å². The van der Waals surface area contributed by atoms with E-state index < -0.39 is 0 Å². The summed E-state index contributed by atoms with van der Waals surface area (Å²) in [7, 11) is 0. The molecule has 0 aliphatic carbocycles. The van der Waals surface area contributed by atoms with Crippen LogP contribution in [0.2, 0.25) is 0 Å². The maximum atomic E-state index is 12.4. The molecule has 0 saturated carbocycles. The number of amides is 1. The molecule has 3 heterocycles. The van der Waals surface area contributed by atoms with Crippen LogP contribution in [0.3, 0.4) is 0 Å². The molecule has 1 aromatic carbocycles. The van der Waals surface area contributed by atoms with Crippen LogP contribution >= 0.6 is 0 Å². The number of pyridine rings is 1. The first-order valence-electron chi connectivity index (χ1n) is 8.77. The van der Waals surface area contributed by atoms with Gasteiger partial charge in [0.25, 0.3) is 0 Å².